The average Bonchev–Trinajstić information content (AvgIpc) is 2.60. The Hall–Kier alpha value is -1.44. The fourth-order valence-corrected chi connectivity index (χ4v) is 1.78. The molecule has 0 unspecified atom stereocenters. The molecule has 1 fully saturated rings. The van der Waals surface area contributed by atoms with Crippen LogP contribution < -0.4 is 11.4 Å². The summed E-state index contributed by atoms with van der Waals surface area (Å²) in [4.78, 5) is 15.1. The summed E-state index contributed by atoms with van der Waals surface area (Å²) in [5, 5.41) is 19.4. The highest BCUT2D eigenvalue weighted by atomic mass is 16.5. The van der Waals surface area contributed by atoms with Gasteiger partial charge in [0, 0.05) is 6.20 Å². The Morgan fingerprint density at radius 3 is 3.12 bits per heavy atom. The summed E-state index contributed by atoms with van der Waals surface area (Å²) in [5.74, 6) is -0.458. The van der Waals surface area contributed by atoms with Crippen molar-refractivity contribution in [3.8, 4) is 0 Å². The minimum Gasteiger partial charge on any atom is -0.396 e. The summed E-state index contributed by atoms with van der Waals surface area (Å²) < 4.78 is 6.11. The molecule has 16 heavy (non-hydrogen) atoms. The third-order valence-electron chi connectivity index (χ3n) is 2.75. The first kappa shape index (κ1) is 11.1. The Balaban J connectivity index is 2.46. The highest BCUT2D eigenvalue weighted by Gasteiger charge is 2.44. The van der Waals surface area contributed by atoms with Crippen molar-refractivity contribution in [3.05, 3.63) is 22.7 Å². The lowest BCUT2D eigenvalue weighted by molar-refractivity contribution is -0.0865. The van der Waals surface area contributed by atoms with Gasteiger partial charge < -0.3 is 20.7 Å². The minimum absolute atomic E-state index is 0.0519. The number of rotatable bonds is 2. The number of nitrogens with zero attached hydrogens (tertiary/aromatic N) is 2. The molecule has 0 spiro atoms. The first-order chi connectivity index (χ1) is 7.58. The third-order valence-corrected chi connectivity index (χ3v) is 2.75. The van der Waals surface area contributed by atoms with Gasteiger partial charge >= 0.3 is 5.69 Å². The van der Waals surface area contributed by atoms with E-state index in [4.69, 9.17) is 15.6 Å². The number of ether oxygens (including phenoxy) is 1. The molecule has 1 aromatic rings. The van der Waals surface area contributed by atoms with Crippen LogP contribution in [0.5, 0.6) is 0 Å². The lowest BCUT2D eigenvalue weighted by atomic mass is 10.0. The maximum absolute atomic E-state index is 11.6. The van der Waals surface area contributed by atoms with Crippen molar-refractivity contribution in [2.45, 2.75) is 5.72 Å². The second-order valence-corrected chi connectivity index (χ2v) is 3.78. The molecule has 7 heteroatoms. The maximum atomic E-state index is 11.6. The molecule has 0 radical (unpaired) electrons. The van der Waals surface area contributed by atoms with Gasteiger partial charge in [-0.2, -0.15) is 4.98 Å². The zero-order chi connectivity index (χ0) is 11.8. The van der Waals surface area contributed by atoms with E-state index in [-0.39, 0.29) is 25.6 Å². The van der Waals surface area contributed by atoms with E-state index in [0.29, 0.717) is 0 Å². The second kappa shape index (κ2) is 3.85. The monoisotopic (exact) mass is 227 g/mol. The minimum atomic E-state index is -1.55. The lowest BCUT2D eigenvalue weighted by Gasteiger charge is -2.28. The van der Waals surface area contributed by atoms with Gasteiger partial charge in [-0.05, 0) is 6.07 Å². The highest BCUT2D eigenvalue weighted by molar-refractivity contribution is 5.23. The predicted molar refractivity (Wildman–Crippen MR) is 54.5 cm³/mol. The molecule has 0 amide bonds. The second-order valence-electron chi connectivity index (χ2n) is 3.78. The summed E-state index contributed by atoms with van der Waals surface area (Å²) in [5.41, 5.74) is 3.14. The van der Waals surface area contributed by atoms with Crippen molar-refractivity contribution in [1.29, 1.82) is 0 Å². The lowest BCUT2D eigenvalue weighted by Crippen LogP contribution is -2.48. The van der Waals surface area contributed by atoms with Gasteiger partial charge in [0.2, 0.25) is 0 Å². The number of nitrogens with two attached hydrogens (primary N) is 1. The van der Waals surface area contributed by atoms with Crippen molar-refractivity contribution < 1.29 is 14.9 Å². The topological polar surface area (TPSA) is 111 Å². The largest absolute Gasteiger partial charge is 0.396 e. The smallest absolute Gasteiger partial charge is 0.351 e. The molecule has 2 heterocycles. The molecule has 2 rings (SSSR count). The number of hydrogen-bond acceptors (Lipinski definition) is 6. The van der Waals surface area contributed by atoms with Crippen LogP contribution in [0.1, 0.15) is 0 Å². The average molecular weight is 227 g/mol. The van der Waals surface area contributed by atoms with E-state index >= 15 is 0 Å². The van der Waals surface area contributed by atoms with Crippen molar-refractivity contribution >= 4 is 5.82 Å². The fourth-order valence-electron chi connectivity index (χ4n) is 1.78. The quantitative estimate of drug-likeness (QED) is 0.544. The van der Waals surface area contributed by atoms with Gasteiger partial charge in [0.1, 0.15) is 5.82 Å². The van der Waals surface area contributed by atoms with Crippen LogP contribution in [0.4, 0.5) is 5.82 Å². The van der Waals surface area contributed by atoms with Crippen LogP contribution in [0.15, 0.2) is 17.1 Å². The molecule has 1 aliphatic rings. The van der Waals surface area contributed by atoms with Crippen LogP contribution in [-0.2, 0) is 10.5 Å². The first-order valence-electron chi connectivity index (χ1n) is 4.84. The maximum Gasteiger partial charge on any atom is 0.351 e. The molecule has 0 aromatic carbocycles. The molecule has 1 saturated heterocycles. The van der Waals surface area contributed by atoms with E-state index in [1.54, 1.807) is 0 Å². The van der Waals surface area contributed by atoms with Crippen LogP contribution in [0.25, 0.3) is 0 Å². The summed E-state index contributed by atoms with van der Waals surface area (Å²) in [6.45, 7) is -0.124. The predicted octanol–water partition coefficient (Wildman–Crippen LogP) is -1.89. The van der Waals surface area contributed by atoms with E-state index in [2.05, 4.69) is 4.98 Å². The van der Waals surface area contributed by atoms with Crippen LogP contribution in [-0.4, -0.2) is 39.6 Å². The Bertz CT molecular complexity index is 447. The molecule has 1 aliphatic heterocycles. The number of aliphatic hydroxyl groups is 2. The van der Waals surface area contributed by atoms with Gasteiger partial charge in [-0.1, -0.05) is 0 Å². The Morgan fingerprint density at radius 2 is 2.50 bits per heavy atom. The molecule has 88 valence electrons. The Kier molecular flexibility index (Phi) is 2.66. The van der Waals surface area contributed by atoms with Gasteiger partial charge in [0.15, 0.2) is 5.72 Å². The van der Waals surface area contributed by atoms with Crippen molar-refractivity contribution in [2.24, 2.45) is 5.92 Å². The van der Waals surface area contributed by atoms with Crippen LogP contribution in [0.2, 0.25) is 0 Å². The van der Waals surface area contributed by atoms with E-state index in [1.807, 2.05) is 0 Å². The molecule has 7 nitrogen and oxygen atoms in total. The first-order valence-corrected chi connectivity index (χ1v) is 4.84. The third kappa shape index (κ3) is 1.58. The van der Waals surface area contributed by atoms with E-state index in [9.17, 15) is 9.90 Å². The van der Waals surface area contributed by atoms with E-state index in [1.165, 1.54) is 12.3 Å². The summed E-state index contributed by atoms with van der Waals surface area (Å²) in [6.07, 6.45) is 1.35. The molecule has 0 bridgehead atoms. The Labute approximate surface area is 91.1 Å². The summed E-state index contributed by atoms with van der Waals surface area (Å²) in [6, 6.07) is 1.41. The highest BCUT2D eigenvalue weighted by Crippen LogP contribution is 2.28. The molecular weight excluding hydrogens is 214 g/mol. The van der Waals surface area contributed by atoms with Gasteiger partial charge in [-0.25, -0.2) is 4.79 Å². The van der Waals surface area contributed by atoms with Crippen LogP contribution in [0, 0.1) is 5.92 Å². The van der Waals surface area contributed by atoms with Gasteiger partial charge in [-0.15, -0.1) is 0 Å². The number of hydrogen-bond donors (Lipinski definition) is 3. The van der Waals surface area contributed by atoms with Crippen molar-refractivity contribution in [3.63, 3.8) is 0 Å². The molecule has 0 saturated carbocycles. The van der Waals surface area contributed by atoms with Crippen LogP contribution in [0.3, 0.4) is 0 Å². The standard InChI is InChI=1S/C9H13N3O4/c10-7-1-2-12(8(14)11-7)9(15)5-16-4-6(9)3-13/h1-2,6,13,15H,3-5H2,(H2,10,11,14)/t6-,9+/m0/s1. The number of anilines is 1. The zero-order valence-electron chi connectivity index (χ0n) is 8.54. The van der Waals surface area contributed by atoms with Gasteiger partial charge in [0.05, 0.1) is 25.7 Å². The number of aliphatic hydroxyl groups excluding tert-OH is 1. The number of aromatic nitrogens is 2. The zero-order valence-corrected chi connectivity index (χ0v) is 8.54. The van der Waals surface area contributed by atoms with E-state index < -0.39 is 17.3 Å². The van der Waals surface area contributed by atoms with Gasteiger partial charge in [0.25, 0.3) is 0 Å². The summed E-state index contributed by atoms with van der Waals surface area (Å²) in [7, 11) is 0. The summed E-state index contributed by atoms with van der Waals surface area (Å²) >= 11 is 0. The molecule has 1 aromatic heterocycles. The molecular formula is C9H13N3O4. The normalized spacial score (nSPS) is 29.5. The molecule has 4 N–H and O–H groups in total. The van der Waals surface area contributed by atoms with Gasteiger partial charge in [-0.3, -0.25) is 4.57 Å². The SMILES string of the molecule is Nc1ccn([C@@]2(O)COC[C@@H]2CO)c(=O)n1. The van der Waals surface area contributed by atoms with Crippen molar-refractivity contribution in [2.75, 3.05) is 25.6 Å². The molecule has 2 atom stereocenters. The molecule has 0 aliphatic carbocycles. The van der Waals surface area contributed by atoms with Crippen molar-refractivity contribution in [1.82, 2.24) is 9.55 Å². The fraction of sp³-hybridized carbons (Fsp3) is 0.556. The van der Waals surface area contributed by atoms with E-state index in [0.717, 1.165) is 4.57 Å². The Morgan fingerprint density at radius 1 is 1.75 bits per heavy atom. The number of nitrogen functional groups attached to an aromatic ring is 1. The van der Waals surface area contributed by atoms with Crippen LogP contribution >= 0.6 is 0 Å².